The van der Waals surface area contributed by atoms with Gasteiger partial charge in [-0.3, -0.25) is 4.79 Å². The lowest BCUT2D eigenvalue weighted by Gasteiger charge is -2.38. The standard InChI is InChI=1S/C24H31NO3/c1-7-20(27-21-12-15(2)8-10-17(21)4)23(26)25-19-14-24(5,6)28-22-13-16(3)9-11-18(19)22/h8-13,19-20H,7,14H2,1-6H3,(H,25,26)/t19-,20+/m0/s1. The Hall–Kier alpha value is -2.49. The SMILES string of the molecule is CC[C@@H](Oc1cc(C)ccc1C)C(=O)N[C@H]1CC(C)(C)Oc2cc(C)ccc21. The molecule has 2 aromatic carbocycles. The highest BCUT2D eigenvalue weighted by atomic mass is 16.5. The number of benzene rings is 2. The molecule has 3 rings (SSSR count). The summed E-state index contributed by atoms with van der Waals surface area (Å²) in [5.74, 6) is 1.54. The molecule has 1 heterocycles. The molecule has 0 aliphatic carbocycles. The van der Waals surface area contributed by atoms with Crippen LogP contribution in [-0.2, 0) is 4.79 Å². The van der Waals surface area contributed by atoms with Crippen molar-refractivity contribution in [2.24, 2.45) is 0 Å². The second-order valence-corrected chi connectivity index (χ2v) is 8.45. The summed E-state index contributed by atoms with van der Waals surface area (Å²) in [6.45, 7) is 12.2. The van der Waals surface area contributed by atoms with Crippen molar-refractivity contribution >= 4 is 5.91 Å². The molecule has 0 radical (unpaired) electrons. The summed E-state index contributed by atoms with van der Waals surface area (Å²) in [6, 6.07) is 12.1. The minimum atomic E-state index is -0.527. The van der Waals surface area contributed by atoms with Crippen LogP contribution in [0.4, 0.5) is 0 Å². The Morgan fingerprint density at radius 3 is 2.57 bits per heavy atom. The molecule has 0 fully saturated rings. The lowest BCUT2D eigenvalue weighted by Crippen LogP contribution is -2.45. The number of fused-ring (bicyclic) bond motifs is 1. The second kappa shape index (κ2) is 7.86. The van der Waals surface area contributed by atoms with Gasteiger partial charge in [-0.1, -0.05) is 31.2 Å². The maximum absolute atomic E-state index is 13.1. The van der Waals surface area contributed by atoms with Crippen LogP contribution < -0.4 is 14.8 Å². The number of rotatable bonds is 5. The molecule has 0 bridgehead atoms. The number of ether oxygens (including phenoxy) is 2. The second-order valence-electron chi connectivity index (χ2n) is 8.45. The van der Waals surface area contributed by atoms with Crippen LogP contribution in [0.15, 0.2) is 36.4 Å². The van der Waals surface area contributed by atoms with Gasteiger partial charge in [0.25, 0.3) is 5.91 Å². The monoisotopic (exact) mass is 381 g/mol. The molecule has 4 nitrogen and oxygen atoms in total. The van der Waals surface area contributed by atoms with Crippen molar-refractivity contribution in [2.75, 3.05) is 0 Å². The lowest BCUT2D eigenvalue weighted by atomic mass is 9.89. The van der Waals surface area contributed by atoms with Gasteiger partial charge in [-0.2, -0.15) is 0 Å². The van der Waals surface area contributed by atoms with Crippen molar-refractivity contribution in [1.29, 1.82) is 0 Å². The Balaban J connectivity index is 1.80. The molecule has 0 unspecified atom stereocenters. The summed E-state index contributed by atoms with van der Waals surface area (Å²) in [5, 5.41) is 3.21. The number of hydrogen-bond donors (Lipinski definition) is 1. The first-order chi connectivity index (χ1) is 13.2. The Morgan fingerprint density at radius 2 is 1.86 bits per heavy atom. The average Bonchev–Trinajstić information content (AvgIpc) is 2.60. The molecule has 1 aliphatic heterocycles. The Bertz CT molecular complexity index is 872. The predicted molar refractivity (Wildman–Crippen MR) is 112 cm³/mol. The zero-order chi connectivity index (χ0) is 20.5. The molecule has 2 aromatic rings. The molecule has 1 aliphatic rings. The van der Waals surface area contributed by atoms with Crippen molar-refractivity contribution in [3.8, 4) is 11.5 Å². The van der Waals surface area contributed by atoms with E-state index in [1.165, 1.54) is 0 Å². The highest BCUT2D eigenvalue weighted by Gasteiger charge is 2.35. The van der Waals surface area contributed by atoms with Crippen LogP contribution in [0.2, 0.25) is 0 Å². The molecule has 28 heavy (non-hydrogen) atoms. The Kier molecular flexibility index (Phi) is 5.69. The van der Waals surface area contributed by atoms with E-state index < -0.39 is 6.10 Å². The largest absolute Gasteiger partial charge is 0.487 e. The minimum absolute atomic E-state index is 0.0855. The summed E-state index contributed by atoms with van der Waals surface area (Å²) in [5.41, 5.74) is 3.98. The topological polar surface area (TPSA) is 47.6 Å². The van der Waals surface area contributed by atoms with E-state index in [1.807, 2.05) is 52.0 Å². The summed E-state index contributed by atoms with van der Waals surface area (Å²) >= 11 is 0. The van der Waals surface area contributed by atoms with E-state index in [4.69, 9.17) is 9.47 Å². The smallest absolute Gasteiger partial charge is 0.261 e. The van der Waals surface area contributed by atoms with E-state index in [2.05, 4.69) is 31.3 Å². The highest BCUT2D eigenvalue weighted by molar-refractivity contribution is 5.81. The maximum Gasteiger partial charge on any atom is 0.261 e. The summed E-state index contributed by atoms with van der Waals surface area (Å²) < 4.78 is 12.2. The summed E-state index contributed by atoms with van der Waals surface area (Å²) in [6.07, 6.45) is 0.793. The van der Waals surface area contributed by atoms with Crippen molar-refractivity contribution in [1.82, 2.24) is 5.32 Å². The molecular weight excluding hydrogens is 350 g/mol. The molecule has 1 N–H and O–H groups in total. The van der Waals surface area contributed by atoms with Gasteiger partial charge in [0.2, 0.25) is 0 Å². The van der Waals surface area contributed by atoms with Crippen LogP contribution in [0.5, 0.6) is 11.5 Å². The van der Waals surface area contributed by atoms with E-state index in [1.54, 1.807) is 0 Å². The molecule has 0 aromatic heterocycles. The van der Waals surface area contributed by atoms with E-state index in [-0.39, 0.29) is 17.6 Å². The van der Waals surface area contributed by atoms with Crippen LogP contribution in [0.3, 0.4) is 0 Å². The average molecular weight is 382 g/mol. The first kappa shape index (κ1) is 20.2. The van der Waals surface area contributed by atoms with Crippen molar-refractivity contribution < 1.29 is 14.3 Å². The minimum Gasteiger partial charge on any atom is -0.487 e. The van der Waals surface area contributed by atoms with Crippen LogP contribution in [0, 0.1) is 20.8 Å². The summed E-state index contributed by atoms with van der Waals surface area (Å²) in [7, 11) is 0. The maximum atomic E-state index is 13.1. The molecule has 150 valence electrons. The fraction of sp³-hybridized carbons (Fsp3) is 0.458. The van der Waals surface area contributed by atoms with Crippen LogP contribution in [0.1, 0.15) is 61.9 Å². The van der Waals surface area contributed by atoms with Gasteiger partial charge in [0.15, 0.2) is 6.10 Å². The van der Waals surface area contributed by atoms with Crippen LogP contribution >= 0.6 is 0 Å². The quantitative estimate of drug-likeness (QED) is 0.775. The Labute approximate surface area is 168 Å². The number of aryl methyl sites for hydroxylation is 3. The molecule has 2 atom stereocenters. The molecule has 1 amide bonds. The van der Waals surface area contributed by atoms with Gasteiger partial charge < -0.3 is 14.8 Å². The third-order valence-corrected chi connectivity index (χ3v) is 5.22. The molecule has 0 saturated carbocycles. The van der Waals surface area contributed by atoms with Crippen LogP contribution in [-0.4, -0.2) is 17.6 Å². The lowest BCUT2D eigenvalue weighted by molar-refractivity contribution is -0.129. The van der Waals surface area contributed by atoms with Gasteiger partial charge in [-0.15, -0.1) is 0 Å². The molecule has 0 saturated heterocycles. The predicted octanol–water partition coefficient (Wildman–Crippen LogP) is 5.19. The number of amides is 1. The van der Waals surface area contributed by atoms with Crippen molar-refractivity contribution in [3.63, 3.8) is 0 Å². The van der Waals surface area contributed by atoms with Gasteiger partial charge >= 0.3 is 0 Å². The number of hydrogen-bond acceptors (Lipinski definition) is 3. The fourth-order valence-electron chi connectivity index (χ4n) is 3.66. The van der Waals surface area contributed by atoms with Gasteiger partial charge in [-0.05, 0) is 69.9 Å². The highest BCUT2D eigenvalue weighted by Crippen LogP contribution is 2.40. The molecular formula is C24H31NO3. The first-order valence-electron chi connectivity index (χ1n) is 10.0. The van der Waals surface area contributed by atoms with Gasteiger partial charge in [0.1, 0.15) is 17.1 Å². The van der Waals surface area contributed by atoms with Gasteiger partial charge in [0.05, 0.1) is 6.04 Å². The van der Waals surface area contributed by atoms with E-state index in [9.17, 15) is 4.79 Å². The van der Waals surface area contributed by atoms with Crippen molar-refractivity contribution in [3.05, 3.63) is 58.7 Å². The van der Waals surface area contributed by atoms with E-state index >= 15 is 0 Å². The third kappa shape index (κ3) is 4.49. The fourth-order valence-corrected chi connectivity index (χ4v) is 3.66. The van der Waals surface area contributed by atoms with Gasteiger partial charge in [-0.25, -0.2) is 0 Å². The van der Waals surface area contributed by atoms with Crippen LogP contribution in [0.25, 0.3) is 0 Å². The number of carbonyl (C=O) groups is 1. The zero-order valence-corrected chi connectivity index (χ0v) is 17.8. The van der Waals surface area contributed by atoms with Gasteiger partial charge in [0, 0.05) is 12.0 Å². The normalized spacial score (nSPS) is 18.6. The van der Waals surface area contributed by atoms with E-state index in [0.717, 1.165) is 33.8 Å². The summed E-state index contributed by atoms with van der Waals surface area (Å²) in [4.78, 5) is 13.1. The zero-order valence-electron chi connectivity index (χ0n) is 17.8. The molecule has 4 heteroatoms. The third-order valence-electron chi connectivity index (χ3n) is 5.22. The van der Waals surface area contributed by atoms with E-state index in [0.29, 0.717) is 12.8 Å². The number of carbonyl (C=O) groups excluding carboxylic acids is 1. The first-order valence-corrected chi connectivity index (χ1v) is 10.0. The Morgan fingerprint density at radius 1 is 1.18 bits per heavy atom. The number of nitrogens with one attached hydrogen (secondary N) is 1. The van der Waals surface area contributed by atoms with Crippen molar-refractivity contribution in [2.45, 2.75) is 72.1 Å². The molecule has 0 spiro atoms.